The minimum absolute atomic E-state index is 0.292. The number of carbonyl (C=O) groups is 1. The molecule has 0 fully saturated rings. The van der Waals surface area contributed by atoms with Gasteiger partial charge < -0.3 is 10.6 Å². The van der Waals surface area contributed by atoms with E-state index < -0.39 is 0 Å². The van der Waals surface area contributed by atoms with Gasteiger partial charge in [0.05, 0.1) is 15.2 Å². The van der Waals surface area contributed by atoms with Crippen LogP contribution in [0.3, 0.4) is 0 Å². The van der Waals surface area contributed by atoms with E-state index in [4.69, 9.17) is 11.6 Å². The fraction of sp³-hybridized carbons (Fsp3) is 0.0769. The van der Waals surface area contributed by atoms with Crippen LogP contribution in [0.1, 0.15) is 5.56 Å². The summed E-state index contributed by atoms with van der Waals surface area (Å²) in [6, 6.07) is 8.67. The minimum Gasteiger partial charge on any atom is -0.334 e. The Balaban J connectivity index is 1.93. The SMILES string of the molecule is O=C(NCc1ccncc1)Nc1cccc(Cl)c1Br. The van der Waals surface area contributed by atoms with Crippen molar-refractivity contribution in [3.63, 3.8) is 0 Å². The molecule has 0 unspecified atom stereocenters. The summed E-state index contributed by atoms with van der Waals surface area (Å²) in [6.45, 7) is 0.437. The van der Waals surface area contributed by atoms with Crippen molar-refractivity contribution in [2.75, 3.05) is 5.32 Å². The number of hydrogen-bond donors (Lipinski definition) is 2. The predicted octanol–water partition coefficient (Wildman–Crippen LogP) is 3.82. The van der Waals surface area contributed by atoms with Crippen LogP contribution in [0.5, 0.6) is 0 Å². The van der Waals surface area contributed by atoms with Crippen LogP contribution in [0.4, 0.5) is 10.5 Å². The Morgan fingerprint density at radius 1 is 1.26 bits per heavy atom. The molecular formula is C13H11BrClN3O. The van der Waals surface area contributed by atoms with Crippen molar-refractivity contribution in [1.29, 1.82) is 0 Å². The lowest BCUT2D eigenvalue weighted by Gasteiger charge is -2.09. The van der Waals surface area contributed by atoms with Crippen LogP contribution in [-0.2, 0) is 6.54 Å². The summed E-state index contributed by atoms with van der Waals surface area (Å²) in [6.07, 6.45) is 3.37. The summed E-state index contributed by atoms with van der Waals surface area (Å²) in [5, 5.41) is 6.02. The smallest absolute Gasteiger partial charge is 0.319 e. The highest BCUT2D eigenvalue weighted by Gasteiger charge is 2.07. The monoisotopic (exact) mass is 339 g/mol. The normalized spacial score (nSPS) is 10.0. The van der Waals surface area contributed by atoms with Gasteiger partial charge in [-0.05, 0) is 45.8 Å². The summed E-state index contributed by atoms with van der Waals surface area (Å²) in [4.78, 5) is 15.7. The number of halogens is 2. The Labute approximate surface area is 124 Å². The van der Waals surface area contributed by atoms with Crippen LogP contribution in [0, 0.1) is 0 Å². The fourth-order valence-corrected chi connectivity index (χ4v) is 1.99. The highest BCUT2D eigenvalue weighted by molar-refractivity contribution is 9.10. The van der Waals surface area contributed by atoms with Gasteiger partial charge >= 0.3 is 6.03 Å². The van der Waals surface area contributed by atoms with Gasteiger partial charge in [0.15, 0.2) is 0 Å². The van der Waals surface area contributed by atoms with Gasteiger partial charge in [0, 0.05) is 18.9 Å². The topological polar surface area (TPSA) is 54.0 Å². The van der Waals surface area contributed by atoms with E-state index in [0.29, 0.717) is 21.7 Å². The van der Waals surface area contributed by atoms with E-state index in [1.165, 1.54) is 0 Å². The van der Waals surface area contributed by atoms with Crippen LogP contribution in [0.15, 0.2) is 47.2 Å². The maximum atomic E-state index is 11.7. The summed E-state index contributed by atoms with van der Waals surface area (Å²) in [7, 11) is 0. The molecule has 19 heavy (non-hydrogen) atoms. The molecule has 0 bridgehead atoms. The first-order valence-electron chi connectivity index (χ1n) is 5.54. The maximum Gasteiger partial charge on any atom is 0.319 e. The first-order chi connectivity index (χ1) is 9.16. The van der Waals surface area contributed by atoms with Gasteiger partial charge in [0.1, 0.15) is 0 Å². The molecule has 0 aliphatic rings. The number of urea groups is 1. The van der Waals surface area contributed by atoms with Crippen molar-refractivity contribution in [1.82, 2.24) is 10.3 Å². The third-order valence-corrected chi connectivity index (χ3v) is 3.80. The lowest BCUT2D eigenvalue weighted by molar-refractivity contribution is 0.251. The van der Waals surface area contributed by atoms with Crippen LogP contribution < -0.4 is 10.6 Å². The number of nitrogens with zero attached hydrogens (tertiary/aromatic N) is 1. The molecular weight excluding hydrogens is 330 g/mol. The van der Waals surface area contributed by atoms with Gasteiger partial charge in [0.2, 0.25) is 0 Å². The zero-order valence-electron chi connectivity index (χ0n) is 9.86. The number of hydrogen-bond acceptors (Lipinski definition) is 2. The molecule has 98 valence electrons. The van der Waals surface area contributed by atoms with Crippen LogP contribution >= 0.6 is 27.5 Å². The molecule has 6 heteroatoms. The molecule has 0 aliphatic carbocycles. The molecule has 2 aromatic rings. The Morgan fingerprint density at radius 2 is 2.00 bits per heavy atom. The number of benzene rings is 1. The first-order valence-corrected chi connectivity index (χ1v) is 6.71. The lowest BCUT2D eigenvalue weighted by atomic mass is 10.3. The van der Waals surface area contributed by atoms with Crippen LogP contribution in [0.2, 0.25) is 5.02 Å². The number of aromatic nitrogens is 1. The summed E-state index contributed by atoms with van der Waals surface area (Å²) >= 11 is 9.27. The van der Waals surface area contributed by atoms with Gasteiger partial charge in [0.25, 0.3) is 0 Å². The maximum absolute atomic E-state index is 11.7. The molecule has 1 aromatic carbocycles. The minimum atomic E-state index is -0.292. The molecule has 0 saturated carbocycles. The number of amides is 2. The number of carbonyl (C=O) groups excluding carboxylic acids is 1. The number of pyridine rings is 1. The predicted molar refractivity (Wildman–Crippen MR) is 79.2 cm³/mol. The quantitative estimate of drug-likeness (QED) is 0.892. The second-order valence-electron chi connectivity index (χ2n) is 3.76. The number of nitrogens with one attached hydrogen (secondary N) is 2. The third-order valence-electron chi connectivity index (χ3n) is 2.40. The molecule has 2 rings (SSSR count). The molecule has 1 aromatic heterocycles. The second-order valence-corrected chi connectivity index (χ2v) is 4.96. The van der Waals surface area contributed by atoms with E-state index in [0.717, 1.165) is 5.56 Å². The van der Waals surface area contributed by atoms with Crippen molar-refractivity contribution < 1.29 is 4.79 Å². The highest BCUT2D eigenvalue weighted by Crippen LogP contribution is 2.29. The molecule has 2 N–H and O–H groups in total. The van der Waals surface area contributed by atoms with Crippen LogP contribution in [0.25, 0.3) is 0 Å². The summed E-state index contributed by atoms with van der Waals surface area (Å²) < 4.78 is 0.663. The van der Waals surface area contributed by atoms with Crippen molar-refractivity contribution in [3.8, 4) is 0 Å². The van der Waals surface area contributed by atoms with Gasteiger partial charge in [-0.3, -0.25) is 4.98 Å². The standard InChI is InChI=1S/C13H11BrClN3O/c14-12-10(15)2-1-3-11(12)18-13(19)17-8-9-4-6-16-7-5-9/h1-7H,8H2,(H2,17,18,19). The van der Waals surface area contributed by atoms with Crippen LogP contribution in [-0.4, -0.2) is 11.0 Å². The van der Waals surface area contributed by atoms with Crippen molar-refractivity contribution >= 4 is 39.2 Å². The highest BCUT2D eigenvalue weighted by atomic mass is 79.9. The summed E-state index contributed by atoms with van der Waals surface area (Å²) in [5.41, 5.74) is 1.61. The number of anilines is 1. The van der Waals surface area contributed by atoms with Crippen molar-refractivity contribution in [2.24, 2.45) is 0 Å². The van der Waals surface area contributed by atoms with E-state index in [1.54, 1.807) is 30.6 Å². The van der Waals surface area contributed by atoms with Gasteiger partial charge in [-0.25, -0.2) is 4.79 Å². The van der Waals surface area contributed by atoms with E-state index in [9.17, 15) is 4.79 Å². The van der Waals surface area contributed by atoms with Gasteiger partial charge in [-0.1, -0.05) is 17.7 Å². The Kier molecular flexibility index (Phi) is 4.76. The van der Waals surface area contributed by atoms with E-state index in [1.807, 2.05) is 12.1 Å². The molecule has 0 spiro atoms. The van der Waals surface area contributed by atoms with E-state index >= 15 is 0 Å². The number of rotatable bonds is 3. The molecule has 1 heterocycles. The molecule has 2 amide bonds. The fourth-order valence-electron chi connectivity index (χ4n) is 1.45. The molecule has 0 aliphatic heterocycles. The third kappa shape index (κ3) is 3.94. The zero-order chi connectivity index (χ0) is 13.7. The van der Waals surface area contributed by atoms with E-state index in [-0.39, 0.29) is 6.03 Å². The average molecular weight is 341 g/mol. The Bertz CT molecular complexity index is 577. The Morgan fingerprint density at radius 3 is 2.74 bits per heavy atom. The summed E-state index contributed by atoms with van der Waals surface area (Å²) in [5.74, 6) is 0. The van der Waals surface area contributed by atoms with Crippen molar-refractivity contribution in [3.05, 3.63) is 57.8 Å². The molecule has 0 radical (unpaired) electrons. The van der Waals surface area contributed by atoms with Gasteiger partial charge in [-0.15, -0.1) is 0 Å². The first kappa shape index (κ1) is 13.8. The average Bonchev–Trinajstić information content (AvgIpc) is 2.43. The largest absolute Gasteiger partial charge is 0.334 e. The van der Waals surface area contributed by atoms with Crippen molar-refractivity contribution in [2.45, 2.75) is 6.54 Å². The van der Waals surface area contributed by atoms with E-state index in [2.05, 4.69) is 31.5 Å². The second kappa shape index (κ2) is 6.54. The lowest BCUT2D eigenvalue weighted by Crippen LogP contribution is -2.28. The molecule has 0 saturated heterocycles. The zero-order valence-corrected chi connectivity index (χ0v) is 12.2. The van der Waals surface area contributed by atoms with Gasteiger partial charge in [-0.2, -0.15) is 0 Å². The molecule has 0 atom stereocenters. The Hall–Kier alpha value is -1.59. The molecule has 4 nitrogen and oxygen atoms in total.